The molecule has 2 aromatic rings. The number of rotatable bonds is 2. The molecule has 0 radical (unpaired) electrons. The molecular formula is C13H5F3IO2-. The van der Waals surface area contributed by atoms with Gasteiger partial charge in [0.05, 0.1) is 5.97 Å². The van der Waals surface area contributed by atoms with Gasteiger partial charge in [0.15, 0.2) is 17.5 Å². The monoisotopic (exact) mass is 377 g/mol. The van der Waals surface area contributed by atoms with Gasteiger partial charge in [-0.1, -0.05) is 6.07 Å². The van der Waals surface area contributed by atoms with Crippen LogP contribution in [-0.4, -0.2) is 5.97 Å². The Morgan fingerprint density at radius 3 is 2.16 bits per heavy atom. The number of carbonyl (C=O) groups is 1. The highest BCUT2D eigenvalue weighted by Crippen LogP contribution is 2.28. The average Bonchev–Trinajstić information content (AvgIpc) is 2.34. The molecule has 0 atom stereocenters. The van der Waals surface area contributed by atoms with Crippen molar-refractivity contribution in [1.82, 2.24) is 0 Å². The normalized spacial score (nSPS) is 10.5. The molecule has 2 rings (SSSR count). The van der Waals surface area contributed by atoms with Crippen LogP contribution in [0.5, 0.6) is 0 Å². The topological polar surface area (TPSA) is 40.1 Å². The summed E-state index contributed by atoms with van der Waals surface area (Å²) in [6, 6.07) is 5.71. The number of benzene rings is 2. The van der Waals surface area contributed by atoms with E-state index in [-0.39, 0.29) is 16.7 Å². The zero-order valence-corrected chi connectivity index (χ0v) is 11.4. The van der Waals surface area contributed by atoms with E-state index in [1.165, 1.54) is 18.2 Å². The summed E-state index contributed by atoms with van der Waals surface area (Å²) in [7, 11) is 0. The van der Waals surface area contributed by atoms with Crippen molar-refractivity contribution >= 4 is 28.6 Å². The second-order valence-corrected chi connectivity index (χ2v) is 4.98. The molecule has 6 heteroatoms. The molecule has 0 saturated heterocycles. The van der Waals surface area contributed by atoms with Gasteiger partial charge >= 0.3 is 0 Å². The highest BCUT2D eigenvalue weighted by atomic mass is 127. The summed E-state index contributed by atoms with van der Waals surface area (Å²) in [6.07, 6.45) is 0. The molecule has 0 aliphatic rings. The first kappa shape index (κ1) is 13.9. The standard InChI is InChI=1S/C13H6F3IO2/c14-10-3-6(4-11(15)12(10)16)9-5-7(17)1-2-8(9)13(18)19/h1-5H,(H,18,19)/p-1. The second kappa shape index (κ2) is 5.20. The quantitative estimate of drug-likeness (QED) is 0.597. The Hall–Kier alpha value is -1.57. The van der Waals surface area contributed by atoms with E-state index in [0.29, 0.717) is 3.57 Å². The molecule has 0 spiro atoms. The summed E-state index contributed by atoms with van der Waals surface area (Å²) >= 11 is 1.92. The van der Waals surface area contributed by atoms with Crippen LogP contribution in [0.1, 0.15) is 10.4 Å². The van der Waals surface area contributed by atoms with E-state index in [2.05, 4.69) is 0 Å². The zero-order valence-electron chi connectivity index (χ0n) is 9.22. The van der Waals surface area contributed by atoms with Gasteiger partial charge in [0.2, 0.25) is 0 Å². The van der Waals surface area contributed by atoms with Crippen molar-refractivity contribution in [3.8, 4) is 11.1 Å². The first-order chi connectivity index (χ1) is 8.90. The smallest absolute Gasteiger partial charge is 0.194 e. The van der Waals surface area contributed by atoms with Crippen LogP contribution in [0.15, 0.2) is 30.3 Å². The predicted octanol–water partition coefficient (Wildman–Crippen LogP) is 2.74. The molecule has 0 aliphatic carbocycles. The average molecular weight is 377 g/mol. The van der Waals surface area contributed by atoms with Gasteiger partial charge in [-0.2, -0.15) is 0 Å². The van der Waals surface area contributed by atoms with Crippen LogP contribution in [0.4, 0.5) is 13.2 Å². The number of hydrogen-bond acceptors (Lipinski definition) is 2. The first-order valence-electron chi connectivity index (χ1n) is 5.06. The van der Waals surface area contributed by atoms with Gasteiger partial charge in [0, 0.05) is 9.13 Å². The third-order valence-corrected chi connectivity index (χ3v) is 3.17. The van der Waals surface area contributed by atoms with Crippen molar-refractivity contribution in [2.24, 2.45) is 0 Å². The SMILES string of the molecule is O=C([O-])c1ccc(I)cc1-c1cc(F)c(F)c(F)c1. The Labute approximate surface area is 120 Å². The fraction of sp³-hybridized carbons (Fsp3) is 0. The lowest BCUT2D eigenvalue weighted by Crippen LogP contribution is -2.23. The molecule has 2 nitrogen and oxygen atoms in total. The number of carboxylic acids is 1. The number of aromatic carboxylic acids is 1. The maximum atomic E-state index is 13.2. The zero-order chi connectivity index (χ0) is 14.2. The van der Waals surface area contributed by atoms with Crippen molar-refractivity contribution in [3.05, 3.63) is 56.9 Å². The maximum absolute atomic E-state index is 13.2. The molecule has 0 bridgehead atoms. The van der Waals surface area contributed by atoms with Crippen molar-refractivity contribution < 1.29 is 23.1 Å². The van der Waals surface area contributed by atoms with Gasteiger partial charge in [-0.05, 0) is 58.0 Å². The summed E-state index contributed by atoms with van der Waals surface area (Å²) in [6.45, 7) is 0. The van der Waals surface area contributed by atoms with E-state index >= 15 is 0 Å². The molecule has 0 unspecified atom stereocenters. The van der Waals surface area contributed by atoms with Crippen LogP contribution in [0.2, 0.25) is 0 Å². The van der Waals surface area contributed by atoms with E-state index in [4.69, 9.17) is 0 Å². The van der Waals surface area contributed by atoms with Crippen molar-refractivity contribution in [3.63, 3.8) is 0 Å². The van der Waals surface area contributed by atoms with Gasteiger partial charge in [-0.25, -0.2) is 13.2 Å². The van der Waals surface area contributed by atoms with Gasteiger partial charge in [-0.3, -0.25) is 0 Å². The minimum Gasteiger partial charge on any atom is -0.545 e. The molecule has 0 aliphatic heterocycles. The Kier molecular flexibility index (Phi) is 3.79. The second-order valence-electron chi connectivity index (χ2n) is 3.73. The molecule has 0 fully saturated rings. The third kappa shape index (κ3) is 2.73. The predicted molar refractivity (Wildman–Crippen MR) is 68.8 cm³/mol. The van der Waals surface area contributed by atoms with Gasteiger partial charge < -0.3 is 9.90 Å². The lowest BCUT2D eigenvalue weighted by atomic mass is 9.99. The Bertz CT molecular complexity index is 648. The third-order valence-electron chi connectivity index (χ3n) is 2.50. The van der Waals surface area contributed by atoms with Gasteiger partial charge in [0.1, 0.15) is 0 Å². The van der Waals surface area contributed by atoms with Gasteiger partial charge in [0.25, 0.3) is 0 Å². The molecule has 2 aromatic carbocycles. The molecule has 0 heterocycles. The first-order valence-corrected chi connectivity index (χ1v) is 6.14. The van der Waals surface area contributed by atoms with Crippen molar-refractivity contribution in [2.45, 2.75) is 0 Å². The van der Waals surface area contributed by atoms with E-state index in [9.17, 15) is 23.1 Å². The molecule has 0 aromatic heterocycles. The Morgan fingerprint density at radius 2 is 1.63 bits per heavy atom. The van der Waals surface area contributed by atoms with E-state index < -0.39 is 23.4 Å². The number of carboxylic acid groups (broad SMARTS) is 1. The van der Waals surface area contributed by atoms with E-state index in [1.807, 2.05) is 22.6 Å². The Morgan fingerprint density at radius 1 is 1.05 bits per heavy atom. The number of hydrogen-bond donors (Lipinski definition) is 0. The minimum atomic E-state index is -1.59. The summed E-state index contributed by atoms with van der Waals surface area (Å²) in [4.78, 5) is 11.0. The van der Waals surface area contributed by atoms with Crippen molar-refractivity contribution in [2.75, 3.05) is 0 Å². The van der Waals surface area contributed by atoms with Crippen LogP contribution >= 0.6 is 22.6 Å². The van der Waals surface area contributed by atoms with Crippen LogP contribution < -0.4 is 5.11 Å². The fourth-order valence-electron chi connectivity index (χ4n) is 1.64. The lowest BCUT2D eigenvalue weighted by molar-refractivity contribution is -0.254. The summed E-state index contributed by atoms with van der Waals surface area (Å²) < 4.78 is 39.9. The highest BCUT2D eigenvalue weighted by molar-refractivity contribution is 14.1. The van der Waals surface area contributed by atoms with Crippen LogP contribution in [0.25, 0.3) is 11.1 Å². The fourth-order valence-corrected chi connectivity index (χ4v) is 2.14. The maximum Gasteiger partial charge on any atom is 0.194 e. The molecule has 0 saturated carbocycles. The number of carbonyl (C=O) groups excluding carboxylic acids is 1. The highest BCUT2D eigenvalue weighted by Gasteiger charge is 2.14. The molecule has 98 valence electrons. The summed E-state index contributed by atoms with van der Waals surface area (Å²) in [5.74, 6) is -5.82. The van der Waals surface area contributed by atoms with Crippen molar-refractivity contribution in [1.29, 1.82) is 0 Å². The van der Waals surface area contributed by atoms with Crippen LogP contribution in [0, 0.1) is 21.0 Å². The van der Waals surface area contributed by atoms with E-state index in [1.54, 1.807) is 0 Å². The Balaban J connectivity index is 2.71. The minimum absolute atomic E-state index is 0.0610. The lowest BCUT2D eigenvalue weighted by Gasteiger charge is -2.12. The summed E-state index contributed by atoms with van der Waals surface area (Å²) in [5.41, 5.74) is -0.204. The molecule has 0 N–H and O–H groups in total. The number of halogens is 4. The van der Waals surface area contributed by atoms with E-state index in [0.717, 1.165) is 12.1 Å². The molecule has 19 heavy (non-hydrogen) atoms. The van der Waals surface area contributed by atoms with Crippen LogP contribution in [-0.2, 0) is 0 Å². The largest absolute Gasteiger partial charge is 0.545 e. The van der Waals surface area contributed by atoms with Gasteiger partial charge in [-0.15, -0.1) is 0 Å². The molecular weight excluding hydrogens is 372 g/mol. The summed E-state index contributed by atoms with van der Waals surface area (Å²) in [5, 5.41) is 11.0. The molecule has 0 amide bonds. The van der Waals surface area contributed by atoms with Crippen LogP contribution in [0.3, 0.4) is 0 Å².